The summed E-state index contributed by atoms with van der Waals surface area (Å²) in [4.78, 5) is 15.2. The van der Waals surface area contributed by atoms with Crippen LogP contribution in [0.15, 0.2) is 18.2 Å². The number of amides is 1. The van der Waals surface area contributed by atoms with Crippen LogP contribution < -0.4 is 10.6 Å². The van der Waals surface area contributed by atoms with Crippen molar-refractivity contribution in [3.8, 4) is 0 Å². The number of hydrogen-bond donors (Lipinski definition) is 1. The molecule has 3 rings (SSSR count). The Bertz CT molecular complexity index is 658. The molecule has 1 aliphatic heterocycles. The fourth-order valence-corrected chi connectivity index (χ4v) is 3.29. The second-order valence-electron chi connectivity index (χ2n) is 4.81. The fraction of sp³-hybridized carbons (Fsp3) is 0.357. The van der Waals surface area contributed by atoms with E-state index >= 15 is 0 Å². The molecule has 0 saturated heterocycles. The lowest BCUT2D eigenvalue weighted by Gasteiger charge is -2.30. The van der Waals surface area contributed by atoms with E-state index in [-0.39, 0.29) is 18.3 Å². The van der Waals surface area contributed by atoms with E-state index in [1.165, 1.54) is 11.5 Å². The summed E-state index contributed by atoms with van der Waals surface area (Å²) >= 11 is 1.17. The third-order valence-corrected chi connectivity index (χ3v) is 4.37. The van der Waals surface area contributed by atoms with Gasteiger partial charge in [0, 0.05) is 17.9 Å². The van der Waals surface area contributed by atoms with Gasteiger partial charge in [-0.2, -0.15) is 0 Å². The number of benzene rings is 1. The van der Waals surface area contributed by atoms with E-state index in [4.69, 9.17) is 5.73 Å². The van der Waals surface area contributed by atoms with Gasteiger partial charge in [0.2, 0.25) is 0 Å². The van der Waals surface area contributed by atoms with Gasteiger partial charge in [-0.1, -0.05) is 17.5 Å². The van der Waals surface area contributed by atoms with Gasteiger partial charge in [0.05, 0.1) is 5.69 Å². The Balaban J connectivity index is 0.00000161. The van der Waals surface area contributed by atoms with Gasteiger partial charge in [0.1, 0.15) is 4.88 Å². The standard InChI is InChI=1S/C14H16N4OS.ClH/c1-2-11-13(20-17-16-11)14(19)18-8-4-5-9-10(15)6-3-7-12(9)18;/h3,6-7H,2,4-5,8,15H2,1H3;1H. The Hall–Kier alpha value is -1.66. The Labute approximate surface area is 133 Å². The van der Waals surface area contributed by atoms with Crippen molar-refractivity contribution in [2.45, 2.75) is 26.2 Å². The predicted octanol–water partition coefficient (Wildman–Crippen LogP) is 2.70. The van der Waals surface area contributed by atoms with Gasteiger partial charge in [-0.05, 0) is 48.5 Å². The van der Waals surface area contributed by atoms with Crippen LogP contribution in [0, 0.1) is 0 Å². The number of nitrogens with zero attached hydrogens (tertiary/aromatic N) is 3. The number of aromatic nitrogens is 2. The van der Waals surface area contributed by atoms with Crippen molar-refractivity contribution in [2.24, 2.45) is 0 Å². The Morgan fingerprint density at radius 2 is 2.29 bits per heavy atom. The predicted molar refractivity (Wildman–Crippen MR) is 87.4 cm³/mol. The average molecular weight is 325 g/mol. The van der Waals surface area contributed by atoms with E-state index < -0.39 is 0 Å². The summed E-state index contributed by atoms with van der Waals surface area (Å²) in [5.41, 5.74) is 9.55. The molecule has 0 unspecified atom stereocenters. The molecule has 1 amide bonds. The highest BCUT2D eigenvalue weighted by atomic mass is 35.5. The summed E-state index contributed by atoms with van der Waals surface area (Å²) in [5.74, 6) is -0.0107. The number of nitrogen functional groups attached to an aromatic ring is 1. The van der Waals surface area contributed by atoms with Crippen molar-refractivity contribution in [1.29, 1.82) is 0 Å². The van der Waals surface area contributed by atoms with Gasteiger partial charge in [0.25, 0.3) is 5.91 Å². The van der Waals surface area contributed by atoms with Crippen LogP contribution in [0.25, 0.3) is 0 Å². The molecular weight excluding hydrogens is 308 g/mol. The van der Waals surface area contributed by atoms with Crippen molar-refractivity contribution in [3.05, 3.63) is 34.3 Å². The lowest BCUT2D eigenvalue weighted by molar-refractivity contribution is 0.0988. The first-order valence-corrected chi connectivity index (χ1v) is 7.50. The van der Waals surface area contributed by atoms with Gasteiger partial charge in [0.15, 0.2) is 0 Å². The largest absolute Gasteiger partial charge is 0.398 e. The molecule has 0 radical (unpaired) electrons. The van der Waals surface area contributed by atoms with Crippen LogP contribution in [0.2, 0.25) is 0 Å². The molecular formula is C14H17ClN4OS. The maximum atomic E-state index is 12.7. The van der Waals surface area contributed by atoms with Crippen molar-refractivity contribution >= 4 is 41.2 Å². The topological polar surface area (TPSA) is 72.1 Å². The quantitative estimate of drug-likeness (QED) is 0.862. The maximum Gasteiger partial charge on any atom is 0.271 e. The summed E-state index contributed by atoms with van der Waals surface area (Å²) < 4.78 is 3.90. The third-order valence-electron chi connectivity index (χ3n) is 3.62. The second kappa shape index (κ2) is 6.41. The molecule has 2 aromatic rings. The zero-order valence-electron chi connectivity index (χ0n) is 11.7. The summed E-state index contributed by atoms with van der Waals surface area (Å²) in [5, 5.41) is 4.02. The van der Waals surface area contributed by atoms with Gasteiger partial charge < -0.3 is 10.6 Å². The van der Waals surface area contributed by atoms with E-state index in [0.717, 1.165) is 48.4 Å². The molecule has 112 valence electrons. The van der Waals surface area contributed by atoms with Gasteiger partial charge in [-0.3, -0.25) is 4.79 Å². The molecule has 2 N–H and O–H groups in total. The Morgan fingerprint density at radius 1 is 1.48 bits per heavy atom. The van der Waals surface area contributed by atoms with Crippen molar-refractivity contribution in [2.75, 3.05) is 17.2 Å². The number of nitrogens with two attached hydrogens (primary N) is 1. The summed E-state index contributed by atoms with van der Waals surface area (Å²) in [6.07, 6.45) is 2.57. The monoisotopic (exact) mass is 324 g/mol. The number of hydrogen-bond acceptors (Lipinski definition) is 5. The minimum atomic E-state index is -0.0107. The summed E-state index contributed by atoms with van der Waals surface area (Å²) in [7, 11) is 0. The van der Waals surface area contributed by atoms with Crippen molar-refractivity contribution in [3.63, 3.8) is 0 Å². The molecule has 1 aromatic carbocycles. The zero-order valence-corrected chi connectivity index (χ0v) is 13.3. The number of fused-ring (bicyclic) bond motifs is 1. The van der Waals surface area contributed by atoms with Crippen molar-refractivity contribution < 1.29 is 4.79 Å². The second-order valence-corrected chi connectivity index (χ2v) is 5.56. The number of aryl methyl sites for hydroxylation is 1. The first-order chi connectivity index (χ1) is 9.72. The van der Waals surface area contributed by atoms with Gasteiger partial charge >= 0.3 is 0 Å². The summed E-state index contributed by atoms with van der Waals surface area (Å²) in [6.45, 7) is 2.70. The molecule has 2 heterocycles. The van der Waals surface area contributed by atoms with E-state index in [0.29, 0.717) is 4.88 Å². The van der Waals surface area contributed by atoms with E-state index in [1.807, 2.05) is 30.0 Å². The van der Waals surface area contributed by atoms with E-state index in [9.17, 15) is 4.79 Å². The number of anilines is 2. The minimum absolute atomic E-state index is 0. The molecule has 0 fully saturated rings. The highest BCUT2D eigenvalue weighted by molar-refractivity contribution is 7.08. The lowest BCUT2D eigenvalue weighted by atomic mass is 9.99. The van der Waals surface area contributed by atoms with Gasteiger partial charge in [-0.25, -0.2) is 0 Å². The molecule has 0 bridgehead atoms. The van der Waals surface area contributed by atoms with Crippen LogP contribution in [-0.4, -0.2) is 22.0 Å². The average Bonchev–Trinajstić information content (AvgIpc) is 2.95. The maximum absolute atomic E-state index is 12.7. The first-order valence-electron chi connectivity index (χ1n) is 6.72. The van der Waals surface area contributed by atoms with Crippen LogP contribution in [0.4, 0.5) is 11.4 Å². The van der Waals surface area contributed by atoms with E-state index in [1.54, 1.807) is 0 Å². The van der Waals surface area contributed by atoms with Crippen LogP contribution in [0.1, 0.15) is 34.3 Å². The molecule has 0 saturated carbocycles. The normalized spacial score (nSPS) is 13.5. The summed E-state index contributed by atoms with van der Waals surface area (Å²) in [6, 6.07) is 5.74. The lowest BCUT2D eigenvalue weighted by Crippen LogP contribution is -2.35. The molecule has 0 spiro atoms. The third kappa shape index (κ3) is 2.73. The van der Waals surface area contributed by atoms with Crippen LogP contribution in [0.5, 0.6) is 0 Å². The van der Waals surface area contributed by atoms with Crippen LogP contribution >= 0.6 is 23.9 Å². The molecule has 5 nitrogen and oxygen atoms in total. The number of carbonyl (C=O) groups is 1. The fourth-order valence-electron chi connectivity index (χ4n) is 2.59. The molecule has 0 atom stereocenters. The van der Waals surface area contributed by atoms with Gasteiger partial charge in [-0.15, -0.1) is 17.5 Å². The molecule has 0 aliphatic carbocycles. The molecule has 7 heteroatoms. The number of rotatable bonds is 2. The smallest absolute Gasteiger partial charge is 0.271 e. The Kier molecular flexibility index (Phi) is 4.80. The first kappa shape index (κ1) is 15.7. The highest BCUT2D eigenvalue weighted by Crippen LogP contribution is 2.32. The number of halogens is 1. The molecule has 1 aromatic heterocycles. The zero-order chi connectivity index (χ0) is 14.1. The van der Waals surface area contributed by atoms with E-state index in [2.05, 4.69) is 9.59 Å². The van der Waals surface area contributed by atoms with Crippen LogP contribution in [0.3, 0.4) is 0 Å². The van der Waals surface area contributed by atoms with Crippen LogP contribution in [-0.2, 0) is 12.8 Å². The SMILES string of the molecule is CCc1nnsc1C(=O)N1CCCc2c(N)cccc21.Cl. The molecule has 21 heavy (non-hydrogen) atoms. The minimum Gasteiger partial charge on any atom is -0.398 e. The number of carbonyl (C=O) groups excluding carboxylic acids is 1. The Morgan fingerprint density at radius 3 is 3.05 bits per heavy atom. The van der Waals surface area contributed by atoms with Crippen molar-refractivity contribution in [1.82, 2.24) is 9.59 Å². The highest BCUT2D eigenvalue weighted by Gasteiger charge is 2.27. The molecule has 1 aliphatic rings.